The van der Waals surface area contributed by atoms with Gasteiger partial charge in [-0.2, -0.15) is 0 Å². The summed E-state index contributed by atoms with van der Waals surface area (Å²) >= 11 is 4.84. The fourth-order valence-corrected chi connectivity index (χ4v) is 8.60. The number of benzene rings is 1. The average molecular weight is 683 g/mol. The standard InChI is InChI=1S/C43H58N2O3S/c1-31-16-19-37(20-17-31)43(46)44-26-23-41(24-27-44)48-40-15-4-8-34(18-21-40)30-47-32(2)28-38-22-25-45(29-42(38)33(3)49)39-13-6-11-36(12-7-14-39)35-9-5-10-35/h8,15-21,28,35-36,39,41,49H,2,4-7,9-14,22-27,29-30H2,1,3H3/b38-28-,42-33+. The van der Waals surface area contributed by atoms with Crippen LogP contribution < -0.4 is 0 Å². The number of thiol groups is 1. The van der Waals surface area contributed by atoms with Crippen molar-refractivity contribution in [1.29, 1.82) is 0 Å². The topological polar surface area (TPSA) is 42.0 Å². The molecule has 4 fully saturated rings. The predicted molar refractivity (Wildman–Crippen MR) is 204 cm³/mol. The summed E-state index contributed by atoms with van der Waals surface area (Å²) in [7, 11) is 0. The van der Waals surface area contributed by atoms with Gasteiger partial charge in [0.2, 0.25) is 0 Å². The molecule has 1 amide bonds. The van der Waals surface area contributed by atoms with Crippen molar-refractivity contribution in [2.45, 2.75) is 109 Å². The molecular weight excluding hydrogens is 625 g/mol. The van der Waals surface area contributed by atoms with Gasteiger partial charge in [0.15, 0.2) is 0 Å². The zero-order valence-corrected chi connectivity index (χ0v) is 30.9. The zero-order valence-electron chi connectivity index (χ0n) is 30.0. The quantitative estimate of drug-likeness (QED) is 0.208. The zero-order chi connectivity index (χ0) is 34.2. The summed E-state index contributed by atoms with van der Waals surface area (Å²) in [5.74, 6) is 3.75. The van der Waals surface area contributed by atoms with Crippen LogP contribution in [0, 0.1) is 18.8 Å². The molecule has 0 unspecified atom stereocenters. The van der Waals surface area contributed by atoms with Crippen LogP contribution in [0.4, 0.5) is 0 Å². The highest BCUT2D eigenvalue weighted by atomic mass is 32.1. The number of rotatable bonds is 9. The molecule has 1 aromatic rings. The molecule has 0 N–H and O–H groups in total. The molecule has 1 aromatic carbocycles. The molecule has 0 bridgehead atoms. The minimum Gasteiger partial charge on any atom is -0.491 e. The summed E-state index contributed by atoms with van der Waals surface area (Å²) in [6.07, 6.45) is 27.0. The molecule has 2 saturated carbocycles. The van der Waals surface area contributed by atoms with Crippen LogP contribution in [0.5, 0.6) is 0 Å². The van der Waals surface area contributed by atoms with Gasteiger partial charge in [-0.25, -0.2) is 0 Å². The average Bonchev–Trinajstić information content (AvgIpc) is 3.29. The van der Waals surface area contributed by atoms with E-state index in [9.17, 15) is 4.79 Å². The SMILES string of the molecule is C=C(/C=C1/CCN(C2CCCC(C3CCC3)CCC2)C/C1=C(/C)S)OCC1=CCC=C(OC2CCN(C(=O)c3ccc(C)cc3)CC2)C=C1. The van der Waals surface area contributed by atoms with Gasteiger partial charge in [-0.1, -0.05) is 81.4 Å². The smallest absolute Gasteiger partial charge is 0.253 e. The fraction of sp³-hybridized carbons (Fsp3) is 0.558. The van der Waals surface area contributed by atoms with Crippen LogP contribution >= 0.6 is 12.6 Å². The molecule has 0 aromatic heterocycles. The third-order valence-corrected chi connectivity index (χ3v) is 11.9. The van der Waals surface area contributed by atoms with E-state index in [1.54, 1.807) is 0 Å². The van der Waals surface area contributed by atoms with Crippen molar-refractivity contribution in [3.8, 4) is 0 Å². The molecule has 5 aliphatic rings. The first-order valence-electron chi connectivity index (χ1n) is 19.1. The second-order valence-corrected chi connectivity index (χ2v) is 15.8. The molecular formula is C43H58N2O3S. The van der Waals surface area contributed by atoms with E-state index in [0.717, 1.165) is 78.0 Å². The number of hydrogen-bond acceptors (Lipinski definition) is 5. The Kier molecular flexibility index (Phi) is 12.7. The first kappa shape index (κ1) is 35.9. The van der Waals surface area contributed by atoms with Crippen LogP contribution in [0.15, 0.2) is 94.4 Å². The van der Waals surface area contributed by atoms with Crippen LogP contribution in [-0.2, 0) is 9.47 Å². The maximum atomic E-state index is 12.9. The van der Waals surface area contributed by atoms with Crippen LogP contribution in [-0.4, -0.2) is 60.6 Å². The molecule has 264 valence electrons. The molecule has 5 nitrogen and oxygen atoms in total. The Balaban J connectivity index is 0.932. The molecule has 0 atom stereocenters. The fourth-order valence-electron chi connectivity index (χ4n) is 8.39. The Labute approximate surface area is 301 Å². The summed E-state index contributed by atoms with van der Waals surface area (Å²) in [5, 5.41) is 0. The van der Waals surface area contributed by atoms with Gasteiger partial charge in [0, 0.05) is 50.6 Å². The van der Waals surface area contributed by atoms with E-state index in [4.69, 9.17) is 22.1 Å². The lowest BCUT2D eigenvalue weighted by atomic mass is 9.71. The third kappa shape index (κ3) is 9.85. The minimum absolute atomic E-state index is 0.110. The summed E-state index contributed by atoms with van der Waals surface area (Å²) in [6.45, 7) is 12.4. The maximum absolute atomic E-state index is 12.9. The Morgan fingerprint density at radius 1 is 0.918 bits per heavy atom. The summed E-state index contributed by atoms with van der Waals surface area (Å²) in [4.78, 5) is 18.7. The van der Waals surface area contributed by atoms with Gasteiger partial charge in [0.1, 0.15) is 24.2 Å². The van der Waals surface area contributed by atoms with E-state index in [1.807, 2.05) is 36.1 Å². The van der Waals surface area contributed by atoms with Crippen molar-refractivity contribution in [3.63, 3.8) is 0 Å². The second kappa shape index (κ2) is 17.3. The molecule has 49 heavy (non-hydrogen) atoms. The predicted octanol–water partition coefficient (Wildman–Crippen LogP) is 9.89. The summed E-state index contributed by atoms with van der Waals surface area (Å²) in [6, 6.07) is 8.54. The number of carbonyl (C=O) groups excluding carboxylic acids is 1. The molecule has 0 spiro atoms. The minimum atomic E-state index is 0.110. The summed E-state index contributed by atoms with van der Waals surface area (Å²) in [5.41, 5.74) is 5.71. The largest absolute Gasteiger partial charge is 0.491 e. The number of carbonyl (C=O) groups is 1. The van der Waals surface area contributed by atoms with E-state index >= 15 is 0 Å². The van der Waals surface area contributed by atoms with Crippen LogP contribution in [0.25, 0.3) is 0 Å². The first-order valence-corrected chi connectivity index (χ1v) is 19.5. The van der Waals surface area contributed by atoms with Gasteiger partial charge < -0.3 is 14.4 Å². The van der Waals surface area contributed by atoms with Crippen LogP contribution in [0.2, 0.25) is 0 Å². The number of piperidine rings is 2. The van der Waals surface area contributed by atoms with E-state index in [2.05, 4.69) is 48.8 Å². The first-order chi connectivity index (χ1) is 23.8. The van der Waals surface area contributed by atoms with Crippen LogP contribution in [0.3, 0.4) is 0 Å². The Morgan fingerprint density at radius 2 is 1.59 bits per heavy atom. The summed E-state index contributed by atoms with van der Waals surface area (Å²) < 4.78 is 12.6. The third-order valence-electron chi connectivity index (χ3n) is 11.7. The highest BCUT2D eigenvalue weighted by Crippen LogP contribution is 2.41. The molecule has 6 rings (SSSR count). The molecule has 0 radical (unpaired) electrons. The van der Waals surface area contributed by atoms with Crippen molar-refractivity contribution in [1.82, 2.24) is 9.80 Å². The van der Waals surface area contributed by atoms with E-state index in [0.29, 0.717) is 31.5 Å². The van der Waals surface area contributed by atoms with E-state index in [1.165, 1.54) is 68.9 Å². The normalized spacial score (nSPS) is 26.5. The number of aryl methyl sites for hydroxylation is 1. The molecule has 3 aliphatic carbocycles. The molecule has 2 aliphatic heterocycles. The molecule has 2 heterocycles. The second-order valence-electron chi connectivity index (χ2n) is 15.1. The van der Waals surface area contributed by atoms with Gasteiger partial charge in [-0.3, -0.25) is 9.69 Å². The van der Waals surface area contributed by atoms with Crippen molar-refractivity contribution in [3.05, 3.63) is 105 Å². The number of hydrogen-bond donors (Lipinski definition) is 1. The number of ether oxygens (including phenoxy) is 2. The number of nitrogens with zero attached hydrogens (tertiary/aromatic N) is 2. The lowest BCUT2D eigenvalue weighted by Crippen LogP contribution is -2.41. The van der Waals surface area contributed by atoms with Gasteiger partial charge >= 0.3 is 0 Å². The van der Waals surface area contributed by atoms with Gasteiger partial charge in [0.25, 0.3) is 5.91 Å². The van der Waals surface area contributed by atoms with Crippen molar-refractivity contribution in [2.24, 2.45) is 11.8 Å². The van der Waals surface area contributed by atoms with Gasteiger partial charge in [0.05, 0.1) is 0 Å². The lowest BCUT2D eigenvalue weighted by molar-refractivity contribution is 0.0437. The number of allylic oxidation sites excluding steroid dienone is 5. The molecule has 6 heteroatoms. The van der Waals surface area contributed by atoms with Crippen molar-refractivity contribution >= 4 is 18.5 Å². The van der Waals surface area contributed by atoms with Crippen molar-refractivity contribution in [2.75, 3.05) is 32.8 Å². The Morgan fingerprint density at radius 3 is 2.24 bits per heavy atom. The monoisotopic (exact) mass is 682 g/mol. The number of likely N-dealkylation sites (tertiary alicyclic amines) is 2. The highest BCUT2D eigenvalue weighted by molar-refractivity contribution is 7.84. The van der Waals surface area contributed by atoms with Crippen LogP contribution in [0.1, 0.15) is 106 Å². The number of amides is 1. The maximum Gasteiger partial charge on any atom is 0.253 e. The van der Waals surface area contributed by atoms with E-state index in [-0.39, 0.29) is 12.0 Å². The Bertz CT molecular complexity index is 1460. The highest BCUT2D eigenvalue weighted by Gasteiger charge is 2.31. The lowest BCUT2D eigenvalue weighted by Gasteiger charge is -2.40. The Hall–Kier alpha value is -2.96. The van der Waals surface area contributed by atoms with Gasteiger partial charge in [-0.05, 0) is 103 Å². The van der Waals surface area contributed by atoms with E-state index < -0.39 is 0 Å². The molecule has 2 saturated heterocycles. The van der Waals surface area contributed by atoms with Crippen molar-refractivity contribution < 1.29 is 14.3 Å². The van der Waals surface area contributed by atoms with Gasteiger partial charge in [-0.15, -0.1) is 12.6 Å².